The molecule has 0 aromatic heterocycles. The van der Waals surface area contributed by atoms with E-state index in [2.05, 4.69) is 13.8 Å². The second-order valence-electron chi connectivity index (χ2n) is 6.53. The molecule has 0 spiro atoms. The van der Waals surface area contributed by atoms with Gasteiger partial charge in [-0.3, -0.25) is 0 Å². The van der Waals surface area contributed by atoms with Crippen LogP contribution in [0.25, 0.3) is 0 Å². The lowest BCUT2D eigenvalue weighted by Crippen LogP contribution is -2.24. The number of hydrogen-bond acceptors (Lipinski definition) is 2. The maximum absolute atomic E-state index is 6.16. The van der Waals surface area contributed by atoms with Crippen LogP contribution in [-0.4, -0.2) is 19.8 Å². The van der Waals surface area contributed by atoms with Crippen molar-refractivity contribution in [3.05, 3.63) is 0 Å². The van der Waals surface area contributed by atoms with Crippen molar-refractivity contribution in [3.63, 3.8) is 0 Å². The molecule has 2 N–H and O–H groups in total. The van der Waals surface area contributed by atoms with Crippen LogP contribution < -0.4 is 5.73 Å². The normalized spacial score (nSPS) is 14.4. The zero-order chi connectivity index (χ0) is 15.1. The number of ether oxygens (including phenoxy) is 1. The van der Waals surface area contributed by atoms with Gasteiger partial charge in [-0.15, -0.1) is 0 Å². The van der Waals surface area contributed by atoms with Crippen LogP contribution in [0.4, 0.5) is 0 Å². The summed E-state index contributed by atoms with van der Waals surface area (Å²) >= 11 is 0. The molecule has 122 valence electrons. The minimum absolute atomic E-state index is 0.370. The van der Waals surface area contributed by atoms with E-state index >= 15 is 0 Å². The predicted molar refractivity (Wildman–Crippen MR) is 90.1 cm³/mol. The van der Waals surface area contributed by atoms with Crippen LogP contribution in [0.2, 0.25) is 0 Å². The summed E-state index contributed by atoms with van der Waals surface area (Å²) in [6.07, 6.45) is 16.3. The lowest BCUT2D eigenvalue weighted by molar-refractivity contribution is 0.151. The van der Waals surface area contributed by atoms with E-state index in [9.17, 15) is 0 Å². The lowest BCUT2D eigenvalue weighted by atomic mass is 9.98. The average molecular weight is 286 g/mol. The van der Waals surface area contributed by atoms with Crippen molar-refractivity contribution in [2.75, 3.05) is 13.7 Å². The quantitative estimate of drug-likeness (QED) is 0.414. The Morgan fingerprint density at radius 1 is 0.850 bits per heavy atom. The highest BCUT2D eigenvalue weighted by atomic mass is 16.5. The van der Waals surface area contributed by atoms with Gasteiger partial charge in [-0.2, -0.15) is 0 Å². The van der Waals surface area contributed by atoms with Gasteiger partial charge in [0.05, 0.1) is 0 Å². The summed E-state index contributed by atoms with van der Waals surface area (Å²) in [6, 6.07) is 0.370. The fraction of sp³-hybridized carbons (Fsp3) is 1.00. The van der Waals surface area contributed by atoms with Gasteiger partial charge < -0.3 is 10.5 Å². The molecule has 0 rings (SSSR count). The number of rotatable bonds is 15. The molecule has 0 aromatic carbocycles. The van der Waals surface area contributed by atoms with E-state index in [0.29, 0.717) is 12.0 Å². The molecule has 0 aliphatic carbocycles. The Hall–Kier alpha value is -0.0800. The first-order valence-corrected chi connectivity index (χ1v) is 8.95. The van der Waals surface area contributed by atoms with Crippen LogP contribution in [0, 0.1) is 5.92 Å². The molecule has 2 nitrogen and oxygen atoms in total. The SMILES string of the molecule is CCCCCCCCCCCCC(N)CC(C)COC. The molecule has 2 unspecified atom stereocenters. The standard InChI is InChI=1S/C18H39NO/c1-4-5-6-7-8-9-10-11-12-13-14-18(19)15-17(2)16-20-3/h17-18H,4-16,19H2,1-3H3. The van der Waals surface area contributed by atoms with Crippen LogP contribution in [0.1, 0.15) is 90.9 Å². The van der Waals surface area contributed by atoms with E-state index in [1.54, 1.807) is 7.11 Å². The number of nitrogens with two attached hydrogens (primary N) is 1. The molecular formula is C18H39NO. The fourth-order valence-corrected chi connectivity index (χ4v) is 2.88. The maximum atomic E-state index is 6.16. The zero-order valence-electron chi connectivity index (χ0n) is 14.3. The Balaban J connectivity index is 3.19. The third-order valence-corrected chi connectivity index (χ3v) is 4.08. The molecule has 0 radical (unpaired) electrons. The Labute approximate surface area is 127 Å². The number of hydrogen-bond donors (Lipinski definition) is 1. The first-order chi connectivity index (χ1) is 9.70. The smallest absolute Gasteiger partial charge is 0.0488 e. The summed E-state index contributed by atoms with van der Waals surface area (Å²) < 4.78 is 5.15. The summed E-state index contributed by atoms with van der Waals surface area (Å²) in [6.45, 7) is 5.34. The summed E-state index contributed by atoms with van der Waals surface area (Å²) in [5, 5.41) is 0. The molecule has 20 heavy (non-hydrogen) atoms. The van der Waals surface area contributed by atoms with Crippen molar-refractivity contribution < 1.29 is 4.74 Å². The van der Waals surface area contributed by atoms with Crippen LogP contribution >= 0.6 is 0 Å². The molecule has 0 heterocycles. The summed E-state index contributed by atoms with van der Waals surface area (Å²) in [5.41, 5.74) is 6.16. The molecule has 0 amide bonds. The molecule has 0 bridgehead atoms. The van der Waals surface area contributed by atoms with E-state index < -0.39 is 0 Å². The van der Waals surface area contributed by atoms with Crippen LogP contribution in [0.3, 0.4) is 0 Å². The minimum Gasteiger partial charge on any atom is -0.384 e. The maximum Gasteiger partial charge on any atom is 0.0488 e. The van der Waals surface area contributed by atoms with Gasteiger partial charge in [-0.05, 0) is 18.8 Å². The monoisotopic (exact) mass is 285 g/mol. The highest BCUT2D eigenvalue weighted by Crippen LogP contribution is 2.14. The average Bonchev–Trinajstić information content (AvgIpc) is 2.41. The molecular weight excluding hydrogens is 246 g/mol. The van der Waals surface area contributed by atoms with Crippen molar-refractivity contribution in [1.29, 1.82) is 0 Å². The van der Waals surface area contributed by atoms with Crippen molar-refractivity contribution >= 4 is 0 Å². The number of methoxy groups -OCH3 is 1. The summed E-state index contributed by atoms with van der Waals surface area (Å²) in [4.78, 5) is 0. The molecule has 0 saturated heterocycles. The first kappa shape index (κ1) is 19.9. The van der Waals surface area contributed by atoms with E-state index in [0.717, 1.165) is 13.0 Å². The zero-order valence-corrected chi connectivity index (χ0v) is 14.3. The number of unbranched alkanes of at least 4 members (excludes halogenated alkanes) is 9. The Kier molecular flexibility index (Phi) is 15.3. The second-order valence-corrected chi connectivity index (χ2v) is 6.53. The third-order valence-electron chi connectivity index (χ3n) is 4.08. The molecule has 0 aliphatic rings. The van der Waals surface area contributed by atoms with Gasteiger partial charge in [0, 0.05) is 19.8 Å². The summed E-state index contributed by atoms with van der Waals surface area (Å²) in [7, 11) is 1.77. The predicted octanol–water partition coefficient (Wildman–Crippen LogP) is 5.30. The van der Waals surface area contributed by atoms with E-state index in [4.69, 9.17) is 10.5 Å². The van der Waals surface area contributed by atoms with E-state index in [1.807, 2.05) is 0 Å². The van der Waals surface area contributed by atoms with Gasteiger partial charge in [0.25, 0.3) is 0 Å². The van der Waals surface area contributed by atoms with Crippen LogP contribution in [0.15, 0.2) is 0 Å². The van der Waals surface area contributed by atoms with Gasteiger partial charge in [0.15, 0.2) is 0 Å². The Morgan fingerprint density at radius 3 is 1.85 bits per heavy atom. The van der Waals surface area contributed by atoms with Crippen LogP contribution in [-0.2, 0) is 4.74 Å². The highest BCUT2D eigenvalue weighted by Gasteiger charge is 2.08. The minimum atomic E-state index is 0.370. The van der Waals surface area contributed by atoms with Gasteiger partial charge in [-0.1, -0.05) is 78.1 Å². The van der Waals surface area contributed by atoms with E-state index in [-0.39, 0.29) is 0 Å². The van der Waals surface area contributed by atoms with E-state index in [1.165, 1.54) is 70.6 Å². The van der Waals surface area contributed by atoms with Crippen molar-refractivity contribution in [1.82, 2.24) is 0 Å². The highest BCUT2D eigenvalue weighted by molar-refractivity contribution is 4.65. The molecule has 2 atom stereocenters. The molecule has 0 saturated carbocycles. The molecule has 2 heteroatoms. The van der Waals surface area contributed by atoms with Gasteiger partial charge in [0.2, 0.25) is 0 Å². The van der Waals surface area contributed by atoms with Gasteiger partial charge >= 0.3 is 0 Å². The van der Waals surface area contributed by atoms with Crippen LogP contribution in [0.5, 0.6) is 0 Å². The molecule has 0 aliphatic heterocycles. The largest absolute Gasteiger partial charge is 0.384 e. The lowest BCUT2D eigenvalue weighted by Gasteiger charge is -2.16. The van der Waals surface area contributed by atoms with Crippen molar-refractivity contribution in [3.8, 4) is 0 Å². The van der Waals surface area contributed by atoms with Gasteiger partial charge in [0.1, 0.15) is 0 Å². The topological polar surface area (TPSA) is 35.2 Å². The Morgan fingerprint density at radius 2 is 1.35 bits per heavy atom. The van der Waals surface area contributed by atoms with Gasteiger partial charge in [-0.25, -0.2) is 0 Å². The fourth-order valence-electron chi connectivity index (χ4n) is 2.88. The van der Waals surface area contributed by atoms with Crippen molar-refractivity contribution in [2.45, 2.75) is 96.9 Å². The van der Waals surface area contributed by atoms with Crippen molar-refractivity contribution in [2.24, 2.45) is 11.7 Å². The third kappa shape index (κ3) is 14.3. The first-order valence-electron chi connectivity index (χ1n) is 8.95. The second kappa shape index (κ2) is 15.3. The Bertz CT molecular complexity index is 184. The summed E-state index contributed by atoms with van der Waals surface area (Å²) in [5.74, 6) is 0.595. The molecule has 0 fully saturated rings. The molecule has 0 aromatic rings.